The number of halogens is 1. The van der Waals surface area contributed by atoms with Gasteiger partial charge in [-0.05, 0) is 64.5 Å². The molecule has 5 rings (SSSR count). The van der Waals surface area contributed by atoms with E-state index in [0.717, 1.165) is 0 Å². The average molecular weight is 506 g/mol. The number of allylic oxidation sites excluding steroid dienone is 4. The largest absolute Gasteiger partial charge is 0.458 e. The molecule has 1 aliphatic heterocycles. The average Bonchev–Trinajstić information content (AvgIpc) is 3.20. The fourth-order valence-corrected chi connectivity index (χ4v) is 8.25. The van der Waals surface area contributed by atoms with Gasteiger partial charge in [-0.3, -0.25) is 14.4 Å². The van der Waals surface area contributed by atoms with E-state index in [1.807, 2.05) is 6.92 Å². The molecule has 8 nitrogen and oxygen atoms in total. The number of aliphatic hydroxyl groups excluding tert-OH is 1. The molecule has 8 atom stereocenters. The van der Waals surface area contributed by atoms with Gasteiger partial charge in [-0.15, -0.1) is 0 Å². The second kappa shape index (κ2) is 8.03. The highest BCUT2D eigenvalue weighted by Crippen LogP contribution is 2.72. The van der Waals surface area contributed by atoms with E-state index in [1.54, 1.807) is 26.8 Å². The van der Waals surface area contributed by atoms with Crippen molar-refractivity contribution in [3.63, 3.8) is 0 Å². The smallest absolute Gasteiger partial charge is 0.307 e. The molecule has 36 heavy (non-hydrogen) atoms. The normalized spacial score (nSPS) is 46.3. The maximum atomic E-state index is 17.4. The van der Waals surface area contributed by atoms with Gasteiger partial charge in [-0.1, -0.05) is 18.6 Å². The van der Waals surface area contributed by atoms with Crippen LogP contribution in [0.5, 0.6) is 0 Å². The van der Waals surface area contributed by atoms with Gasteiger partial charge in [-0.25, -0.2) is 4.39 Å². The molecule has 0 aromatic rings. The van der Waals surface area contributed by atoms with Crippen LogP contribution in [0.2, 0.25) is 0 Å². The number of hydrogen-bond acceptors (Lipinski definition) is 8. The molecular formula is C27H36FNO7. The molecular weight excluding hydrogens is 469 g/mol. The van der Waals surface area contributed by atoms with Gasteiger partial charge in [0, 0.05) is 23.3 Å². The van der Waals surface area contributed by atoms with Crippen molar-refractivity contribution in [1.29, 1.82) is 0 Å². The van der Waals surface area contributed by atoms with Gasteiger partial charge in [0.2, 0.25) is 5.78 Å². The monoisotopic (exact) mass is 505 g/mol. The maximum absolute atomic E-state index is 17.4. The maximum Gasteiger partial charge on any atom is 0.307 e. The van der Waals surface area contributed by atoms with Gasteiger partial charge in [-0.2, -0.15) is 0 Å². The molecule has 0 radical (unpaired) electrons. The lowest BCUT2D eigenvalue weighted by molar-refractivity contribution is -0.246. The van der Waals surface area contributed by atoms with Crippen LogP contribution in [0.1, 0.15) is 59.8 Å². The minimum Gasteiger partial charge on any atom is -0.458 e. The number of ether oxygens (including phenoxy) is 3. The van der Waals surface area contributed by atoms with Crippen LogP contribution < -0.4 is 5.73 Å². The van der Waals surface area contributed by atoms with E-state index in [-0.39, 0.29) is 31.1 Å². The predicted molar refractivity (Wildman–Crippen MR) is 126 cm³/mol. The third-order valence-corrected chi connectivity index (χ3v) is 9.76. The van der Waals surface area contributed by atoms with E-state index >= 15 is 4.39 Å². The summed E-state index contributed by atoms with van der Waals surface area (Å²) in [5.41, 5.74) is 0.503. The van der Waals surface area contributed by atoms with E-state index in [9.17, 15) is 19.5 Å². The summed E-state index contributed by atoms with van der Waals surface area (Å²) in [5.74, 6) is -3.20. The van der Waals surface area contributed by atoms with Crippen LogP contribution in [0.3, 0.4) is 0 Å². The Bertz CT molecular complexity index is 1070. The lowest BCUT2D eigenvalue weighted by Gasteiger charge is -2.62. The summed E-state index contributed by atoms with van der Waals surface area (Å²) in [6.45, 7) is 6.67. The molecule has 198 valence electrons. The third kappa shape index (κ3) is 3.15. The Kier molecular flexibility index (Phi) is 5.73. The number of alkyl halides is 1. The molecule has 0 spiro atoms. The van der Waals surface area contributed by atoms with Crippen molar-refractivity contribution in [1.82, 2.24) is 0 Å². The minimum absolute atomic E-state index is 0.0118. The number of esters is 1. The zero-order chi connectivity index (χ0) is 26.3. The molecule has 0 aromatic heterocycles. The number of nitrogens with two attached hydrogens (primary N) is 1. The number of Topliss-reactive ketones (excluding diaryl/α,β-unsaturated/α-hetero) is 1. The van der Waals surface area contributed by atoms with Crippen LogP contribution in [0.15, 0.2) is 23.8 Å². The minimum atomic E-state index is -2.02. The fraction of sp³-hybridized carbons (Fsp3) is 0.741. The van der Waals surface area contributed by atoms with E-state index < -0.39 is 64.4 Å². The lowest BCUT2D eigenvalue weighted by Crippen LogP contribution is -2.70. The number of rotatable bonds is 5. The van der Waals surface area contributed by atoms with E-state index in [2.05, 4.69) is 0 Å². The van der Waals surface area contributed by atoms with Gasteiger partial charge in [0.1, 0.15) is 0 Å². The molecule has 1 saturated heterocycles. The molecule has 0 amide bonds. The van der Waals surface area contributed by atoms with Crippen LogP contribution in [-0.2, 0) is 28.6 Å². The summed E-state index contributed by atoms with van der Waals surface area (Å²) in [6.07, 6.45) is 3.69. The summed E-state index contributed by atoms with van der Waals surface area (Å²) < 4.78 is 35.2. The Morgan fingerprint density at radius 3 is 2.67 bits per heavy atom. The molecule has 3 saturated carbocycles. The zero-order valence-corrected chi connectivity index (χ0v) is 21.3. The summed E-state index contributed by atoms with van der Waals surface area (Å²) >= 11 is 0. The standard InChI is InChI=1S/C27H36FNO7/c1-23(2)35-21-12-18-17-6-5-15-11-16(30)7-9-24(15,3)26(17,28)19(31)13-25(18,4)27(21,36-23)20(32)14-34-22(33)8-10-29/h7,9,11,17-19,21,31H,5-6,8,10,12-14,29H2,1-4H3/t17-,18-,19-,21+,24-,25-,26-,27+/m0/s1. The third-order valence-electron chi connectivity index (χ3n) is 9.76. The topological polar surface area (TPSA) is 125 Å². The Morgan fingerprint density at radius 2 is 1.97 bits per heavy atom. The lowest BCUT2D eigenvalue weighted by atomic mass is 9.44. The van der Waals surface area contributed by atoms with Crippen LogP contribution in [-0.4, -0.2) is 65.1 Å². The van der Waals surface area contributed by atoms with Crippen LogP contribution in [0.25, 0.3) is 0 Å². The number of fused-ring (bicyclic) bond motifs is 7. The fourth-order valence-electron chi connectivity index (χ4n) is 8.25. The Labute approximate surface area is 210 Å². The second-order valence-corrected chi connectivity index (χ2v) is 12.0. The van der Waals surface area contributed by atoms with Crippen molar-refractivity contribution < 1.29 is 38.1 Å². The molecule has 4 fully saturated rings. The van der Waals surface area contributed by atoms with Gasteiger partial charge in [0.25, 0.3) is 0 Å². The summed E-state index contributed by atoms with van der Waals surface area (Å²) in [6, 6.07) is 0. The van der Waals surface area contributed by atoms with Crippen molar-refractivity contribution in [3.8, 4) is 0 Å². The van der Waals surface area contributed by atoms with Gasteiger partial charge in [0.05, 0.1) is 18.6 Å². The number of carbonyl (C=O) groups is 3. The Balaban J connectivity index is 1.55. The molecule has 9 heteroatoms. The highest BCUT2D eigenvalue weighted by atomic mass is 19.1. The molecule has 1 heterocycles. The first-order chi connectivity index (χ1) is 16.7. The first-order valence-electron chi connectivity index (χ1n) is 12.8. The Hall–Kier alpha value is -1.94. The van der Waals surface area contributed by atoms with Crippen LogP contribution in [0, 0.1) is 22.7 Å². The number of hydrogen-bond donors (Lipinski definition) is 2. The predicted octanol–water partition coefficient (Wildman–Crippen LogP) is 2.32. The van der Waals surface area contributed by atoms with Crippen LogP contribution >= 0.6 is 0 Å². The van der Waals surface area contributed by atoms with Crippen molar-refractivity contribution in [2.24, 2.45) is 28.4 Å². The molecule has 5 aliphatic rings. The van der Waals surface area contributed by atoms with E-state index in [1.165, 1.54) is 12.2 Å². The molecule has 0 bridgehead atoms. The molecule has 0 aromatic carbocycles. The van der Waals surface area contributed by atoms with Gasteiger partial charge in [0.15, 0.2) is 29.4 Å². The van der Waals surface area contributed by atoms with Crippen molar-refractivity contribution in [2.45, 2.75) is 89.1 Å². The van der Waals surface area contributed by atoms with Crippen molar-refractivity contribution >= 4 is 17.5 Å². The van der Waals surface area contributed by atoms with Gasteiger partial charge < -0.3 is 25.1 Å². The first kappa shape index (κ1) is 25.7. The zero-order valence-electron chi connectivity index (χ0n) is 21.3. The molecule has 0 unspecified atom stereocenters. The highest BCUT2D eigenvalue weighted by Gasteiger charge is 2.80. The SMILES string of the molecule is CC1(C)O[C@@H]2C[C@H]3[C@@H]4CCC5=CC(=O)C=C[C@]5(C)[C@@]4(F)[C@@H](O)C[C@]3(C)[C@]2(C(=O)COC(=O)CCN)O1. The summed E-state index contributed by atoms with van der Waals surface area (Å²) in [7, 11) is 0. The van der Waals surface area contributed by atoms with E-state index in [4.69, 9.17) is 19.9 Å². The number of ketones is 2. The van der Waals surface area contributed by atoms with Gasteiger partial charge >= 0.3 is 5.97 Å². The highest BCUT2D eigenvalue weighted by molar-refractivity contribution is 6.01. The quantitative estimate of drug-likeness (QED) is 0.546. The molecule has 4 aliphatic carbocycles. The Morgan fingerprint density at radius 1 is 1.25 bits per heavy atom. The van der Waals surface area contributed by atoms with Crippen LogP contribution in [0.4, 0.5) is 4.39 Å². The number of aliphatic hydroxyl groups is 1. The van der Waals surface area contributed by atoms with Crippen molar-refractivity contribution in [2.75, 3.05) is 13.2 Å². The summed E-state index contributed by atoms with van der Waals surface area (Å²) in [5, 5.41) is 11.6. The summed E-state index contributed by atoms with van der Waals surface area (Å²) in [4.78, 5) is 37.8. The first-order valence-corrected chi connectivity index (χ1v) is 12.8. The molecule has 3 N–H and O–H groups in total. The van der Waals surface area contributed by atoms with Crippen molar-refractivity contribution in [3.05, 3.63) is 23.8 Å². The van der Waals surface area contributed by atoms with E-state index in [0.29, 0.717) is 24.8 Å². The number of carbonyl (C=O) groups excluding carboxylic acids is 3. The second-order valence-electron chi connectivity index (χ2n) is 12.0.